The van der Waals surface area contributed by atoms with Gasteiger partial charge in [-0.15, -0.1) is 0 Å². The van der Waals surface area contributed by atoms with E-state index in [1.54, 1.807) is 31.4 Å². The van der Waals surface area contributed by atoms with Gasteiger partial charge in [-0.1, -0.05) is 29.8 Å². The third-order valence-electron chi connectivity index (χ3n) is 5.02. The maximum atomic E-state index is 13.4. The largest absolute Gasteiger partial charge is 0.497 e. The van der Waals surface area contributed by atoms with Crippen molar-refractivity contribution < 1.29 is 22.3 Å². The smallest absolute Gasteiger partial charge is 0.236 e. The summed E-state index contributed by atoms with van der Waals surface area (Å²) in [5, 5.41) is -0.0447. The zero-order valence-electron chi connectivity index (χ0n) is 17.0. The van der Waals surface area contributed by atoms with E-state index in [0.29, 0.717) is 38.6 Å². The van der Waals surface area contributed by atoms with Gasteiger partial charge in [0.2, 0.25) is 26.6 Å². The molecule has 0 aliphatic carbocycles. The van der Waals surface area contributed by atoms with Crippen LogP contribution in [0, 0.1) is 6.92 Å². The molecule has 2 heterocycles. The summed E-state index contributed by atoms with van der Waals surface area (Å²) in [7, 11) is -2.21. The highest BCUT2D eigenvalue weighted by molar-refractivity contribution is 7.91. The quantitative estimate of drug-likeness (QED) is 0.596. The van der Waals surface area contributed by atoms with Gasteiger partial charge >= 0.3 is 0 Å². The Morgan fingerprint density at radius 2 is 1.70 bits per heavy atom. The first-order valence-electron chi connectivity index (χ1n) is 9.74. The molecule has 8 heteroatoms. The molecule has 1 aromatic heterocycles. The van der Waals surface area contributed by atoms with E-state index in [0.717, 1.165) is 16.9 Å². The summed E-state index contributed by atoms with van der Waals surface area (Å²) in [6.45, 7) is 4.04. The number of sulfone groups is 1. The molecule has 0 unspecified atom stereocenters. The molecule has 1 aliphatic heterocycles. The van der Waals surface area contributed by atoms with Crippen LogP contribution in [0.3, 0.4) is 0 Å². The standard InChI is InChI=1S/C22H24N2O5S/c1-16-3-9-19(10-4-16)30(25,26)21-22(24-11-13-28-14-12-24)29-20(23-21)15-17-5-7-18(27-2)8-6-17/h3-10H,11-15H2,1-2H3. The maximum absolute atomic E-state index is 13.4. The SMILES string of the molecule is COc1ccc(Cc2nc(S(=O)(=O)c3ccc(C)cc3)c(N3CCOCC3)o2)cc1. The van der Waals surface area contributed by atoms with Crippen molar-refractivity contribution in [2.45, 2.75) is 23.3 Å². The Bertz CT molecular complexity index is 1100. The van der Waals surface area contributed by atoms with Gasteiger partial charge in [-0.25, -0.2) is 8.42 Å². The van der Waals surface area contributed by atoms with Crippen LogP contribution in [0.4, 0.5) is 5.88 Å². The highest BCUT2D eigenvalue weighted by Crippen LogP contribution is 2.32. The molecule has 1 fully saturated rings. The number of ether oxygens (including phenoxy) is 2. The van der Waals surface area contributed by atoms with Crippen LogP contribution >= 0.6 is 0 Å². The van der Waals surface area contributed by atoms with Crippen molar-refractivity contribution in [3.05, 3.63) is 65.5 Å². The lowest BCUT2D eigenvalue weighted by atomic mass is 10.1. The van der Waals surface area contributed by atoms with Crippen LogP contribution in [0.5, 0.6) is 5.75 Å². The van der Waals surface area contributed by atoms with Crippen molar-refractivity contribution in [2.24, 2.45) is 0 Å². The number of aromatic nitrogens is 1. The number of benzene rings is 2. The molecule has 0 saturated carbocycles. The second-order valence-electron chi connectivity index (χ2n) is 7.16. The minimum Gasteiger partial charge on any atom is -0.497 e. The molecule has 158 valence electrons. The molecule has 3 aromatic rings. The van der Waals surface area contributed by atoms with E-state index >= 15 is 0 Å². The summed E-state index contributed by atoms with van der Waals surface area (Å²) in [6.07, 6.45) is 0.380. The molecule has 0 radical (unpaired) electrons. The predicted octanol–water partition coefficient (Wildman–Crippen LogP) is 3.25. The Hall–Kier alpha value is -2.84. The highest BCUT2D eigenvalue weighted by Gasteiger charge is 2.31. The van der Waals surface area contributed by atoms with Crippen molar-refractivity contribution in [2.75, 3.05) is 38.3 Å². The Labute approximate surface area is 176 Å². The molecule has 0 spiro atoms. The summed E-state index contributed by atoms with van der Waals surface area (Å²) in [5.74, 6) is 1.39. The van der Waals surface area contributed by atoms with Crippen LogP contribution in [0.25, 0.3) is 0 Å². The lowest BCUT2D eigenvalue weighted by molar-refractivity contribution is 0.120. The minimum absolute atomic E-state index is 0.0447. The first-order chi connectivity index (χ1) is 14.5. The molecule has 1 aliphatic rings. The van der Waals surface area contributed by atoms with E-state index in [-0.39, 0.29) is 15.8 Å². The van der Waals surface area contributed by atoms with Crippen LogP contribution < -0.4 is 9.64 Å². The van der Waals surface area contributed by atoms with E-state index in [1.165, 1.54) is 0 Å². The summed E-state index contributed by atoms with van der Waals surface area (Å²) < 4.78 is 43.3. The van der Waals surface area contributed by atoms with Gasteiger partial charge in [0.05, 0.1) is 25.2 Å². The monoisotopic (exact) mass is 428 g/mol. The third-order valence-corrected chi connectivity index (χ3v) is 6.69. The van der Waals surface area contributed by atoms with Crippen molar-refractivity contribution >= 4 is 15.7 Å². The van der Waals surface area contributed by atoms with Gasteiger partial charge in [0.15, 0.2) is 0 Å². The number of oxazole rings is 1. The average Bonchev–Trinajstić information content (AvgIpc) is 3.20. The number of aryl methyl sites for hydroxylation is 1. The predicted molar refractivity (Wildman–Crippen MR) is 112 cm³/mol. The van der Waals surface area contributed by atoms with Crippen molar-refractivity contribution in [1.29, 1.82) is 0 Å². The normalized spacial score (nSPS) is 14.7. The average molecular weight is 429 g/mol. The molecule has 30 heavy (non-hydrogen) atoms. The fourth-order valence-electron chi connectivity index (χ4n) is 3.30. The number of rotatable bonds is 6. The Morgan fingerprint density at radius 3 is 2.33 bits per heavy atom. The summed E-state index contributed by atoms with van der Waals surface area (Å²) in [4.78, 5) is 6.51. The third kappa shape index (κ3) is 4.20. The molecule has 0 atom stereocenters. The van der Waals surface area contributed by atoms with Crippen LogP contribution in [0.1, 0.15) is 17.0 Å². The molecule has 0 N–H and O–H groups in total. The van der Waals surface area contributed by atoms with Crippen LogP contribution in [0.15, 0.2) is 62.9 Å². The lowest BCUT2D eigenvalue weighted by Gasteiger charge is -2.26. The molecule has 0 amide bonds. The molecular weight excluding hydrogens is 404 g/mol. The first kappa shape index (κ1) is 20.4. The zero-order valence-corrected chi connectivity index (χ0v) is 17.8. The van der Waals surface area contributed by atoms with E-state index in [1.807, 2.05) is 36.1 Å². The summed E-state index contributed by atoms with van der Waals surface area (Å²) in [6, 6.07) is 14.3. The maximum Gasteiger partial charge on any atom is 0.236 e. The van der Waals surface area contributed by atoms with E-state index in [4.69, 9.17) is 13.9 Å². The lowest BCUT2D eigenvalue weighted by Crippen LogP contribution is -2.36. The van der Waals surface area contributed by atoms with Crippen molar-refractivity contribution in [3.8, 4) is 5.75 Å². The van der Waals surface area contributed by atoms with E-state index in [2.05, 4.69) is 4.98 Å². The van der Waals surface area contributed by atoms with E-state index in [9.17, 15) is 8.42 Å². The van der Waals surface area contributed by atoms with Gasteiger partial charge in [-0.2, -0.15) is 4.98 Å². The van der Waals surface area contributed by atoms with Gasteiger partial charge in [0.25, 0.3) is 0 Å². The molecule has 4 rings (SSSR count). The molecular formula is C22H24N2O5S. The molecule has 2 aromatic carbocycles. The number of methoxy groups -OCH3 is 1. The number of morpholine rings is 1. The van der Waals surface area contributed by atoms with Gasteiger partial charge in [0.1, 0.15) is 5.75 Å². The first-order valence-corrected chi connectivity index (χ1v) is 11.2. The Morgan fingerprint density at radius 1 is 1.03 bits per heavy atom. The minimum atomic E-state index is -3.83. The Balaban J connectivity index is 1.72. The van der Waals surface area contributed by atoms with Crippen LogP contribution in [-0.2, 0) is 21.0 Å². The van der Waals surface area contributed by atoms with E-state index < -0.39 is 9.84 Å². The number of anilines is 1. The van der Waals surface area contributed by atoms with Crippen molar-refractivity contribution in [3.63, 3.8) is 0 Å². The molecule has 0 bridgehead atoms. The fourth-order valence-corrected chi connectivity index (χ4v) is 4.64. The van der Waals surface area contributed by atoms with Crippen LogP contribution in [-0.4, -0.2) is 46.8 Å². The number of hydrogen-bond donors (Lipinski definition) is 0. The van der Waals surface area contributed by atoms with Gasteiger partial charge in [-0.05, 0) is 36.8 Å². The highest BCUT2D eigenvalue weighted by atomic mass is 32.2. The summed E-state index contributed by atoms with van der Waals surface area (Å²) >= 11 is 0. The number of hydrogen-bond acceptors (Lipinski definition) is 7. The summed E-state index contributed by atoms with van der Waals surface area (Å²) in [5.41, 5.74) is 1.94. The van der Waals surface area contributed by atoms with Gasteiger partial charge in [-0.3, -0.25) is 0 Å². The van der Waals surface area contributed by atoms with Gasteiger partial charge in [0, 0.05) is 19.5 Å². The van der Waals surface area contributed by atoms with Crippen molar-refractivity contribution in [1.82, 2.24) is 4.98 Å². The molecule has 1 saturated heterocycles. The second kappa shape index (κ2) is 8.49. The topological polar surface area (TPSA) is 81.9 Å². The molecule has 7 nitrogen and oxygen atoms in total. The Kier molecular flexibility index (Phi) is 5.78. The van der Waals surface area contributed by atoms with Gasteiger partial charge < -0.3 is 18.8 Å². The second-order valence-corrected chi connectivity index (χ2v) is 9.02. The number of nitrogens with zero attached hydrogens (tertiary/aromatic N) is 2. The zero-order chi connectivity index (χ0) is 21.1. The fraction of sp³-hybridized carbons (Fsp3) is 0.318. The van der Waals surface area contributed by atoms with Crippen LogP contribution in [0.2, 0.25) is 0 Å².